The van der Waals surface area contributed by atoms with Crippen LogP contribution in [0.2, 0.25) is 10.0 Å². The quantitative estimate of drug-likeness (QED) is 0.844. The van der Waals surface area contributed by atoms with Crippen molar-refractivity contribution in [3.8, 4) is 5.75 Å². The Hall–Kier alpha value is -1.97. The Morgan fingerprint density at radius 1 is 1.19 bits per heavy atom. The number of amides is 1. The Bertz CT molecular complexity index is 684. The number of primary amides is 1. The molecule has 5 heteroatoms. The van der Waals surface area contributed by atoms with Crippen molar-refractivity contribution >= 4 is 35.2 Å². The van der Waals surface area contributed by atoms with Gasteiger partial charge in [-0.05, 0) is 24.3 Å². The van der Waals surface area contributed by atoms with E-state index >= 15 is 0 Å². The fourth-order valence-corrected chi connectivity index (χ4v) is 2.18. The van der Waals surface area contributed by atoms with E-state index in [1.165, 1.54) is 6.08 Å². The Balaban J connectivity index is 2.14. The van der Waals surface area contributed by atoms with Gasteiger partial charge in [0.05, 0.1) is 0 Å². The van der Waals surface area contributed by atoms with E-state index in [0.29, 0.717) is 22.4 Å². The maximum Gasteiger partial charge on any atom is 0.241 e. The molecular weight excluding hydrogens is 309 g/mol. The molecule has 0 radical (unpaired) electrons. The summed E-state index contributed by atoms with van der Waals surface area (Å²) in [6.07, 6.45) is 2.90. The summed E-state index contributed by atoms with van der Waals surface area (Å²) >= 11 is 12.0. The molecule has 0 saturated heterocycles. The van der Waals surface area contributed by atoms with Crippen molar-refractivity contribution in [1.82, 2.24) is 0 Å². The first-order chi connectivity index (χ1) is 10.1. The van der Waals surface area contributed by atoms with Gasteiger partial charge in [0.1, 0.15) is 12.4 Å². The molecule has 2 rings (SSSR count). The predicted octanol–water partition coefficient (Wildman–Crippen LogP) is 4.07. The van der Waals surface area contributed by atoms with Crippen LogP contribution in [0, 0.1) is 0 Å². The molecule has 108 valence electrons. The van der Waals surface area contributed by atoms with E-state index in [9.17, 15) is 4.79 Å². The molecule has 0 aliphatic rings. The molecule has 0 aliphatic heterocycles. The van der Waals surface area contributed by atoms with Crippen LogP contribution >= 0.6 is 23.2 Å². The van der Waals surface area contributed by atoms with Crippen LogP contribution in [0.15, 0.2) is 48.5 Å². The molecule has 0 spiro atoms. The highest BCUT2D eigenvalue weighted by Gasteiger charge is 2.05. The Morgan fingerprint density at radius 3 is 2.67 bits per heavy atom. The monoisotopic (exact) mass is 321 g/mol. The molecule has 2 aromatic carbocycles. The van der Waals surface area contributed by atoms with Gasteiger partial charge in [0.15, 0.2) is 0 Å². The average molecular weight is 322 g/mol. The van der Waals surface area contributed by atoms with Crippen molar-refractivity contribution in [3.05, 3.63) is 69.7 Å². The summed E-state index contributed by atoms with van der Waals surface area (Å²) in [5, 5.41) is 1.13. The lowest BCUT2D eigenvalue weighted by atomic mass is 10.2. The smallest absolute Gasteiger partial charge is 0.241 e. The Kier molecular flexibility index (Phi) is 5.26. The lowest BCUT2D eigenvalue weighted by Crippen LogP contribution is -2.05. The zero-order valence-corrected chi connectivity index (χ0v) is 12.6. The van der Waals surface area contributed by atoms with Crippen molar-refractivity contribution in [2.75, 3.05) is 0 Å². The summed E-state index contributed by atoms with van der Waals surface area (Å²) in [5.74, 6) is 0.131. The number of benzene rings is 2. The zero-order chi connectivity index (χ0) is 15.2. The molecule has 0 atom stereocenters. The molecule has 0 unspecified atom stereocenters. The number of carbonyl (C=O) groups excluding carboxylic acids is 1. The van der Waals surface area contributed by atoms with Crippen LogP contribution in [0.3, 0.4) is 0 Å². The molecule has 2 aromatic rings. The second-order valence-electron chi connectivity index (χ2n) is 4.30. The van der Waals surface area contributed by atoms with E-state index < -0.39 is 5.91 Å². The van der Waals surface area contributed by atoms with Crippen LogP contribution in [-0.2, 0) is 11.4 Å². The largest absolute Gasteiger partial charge is 0.488 e. The van der Waals surface area contributed by atoms with Crippen molar-refractivity contribution in [3.63, 3.8) is 0 Å². The number of hydrogen-bond acceptors (Lipinski definition) is 2. The highest BCUT2D eigenvalue weighted by atomic mass is 35.5. The van der Waals surface area contributed by atoms with Crippen LogP contribution in [-0.4, -0.2) is 5.91 Å². The van der Waals surface area contributed by atoms with Gasteiger partial charge in [0.2, 0.25) is 5.91 Å². The molecule has 0 aliphatic carbocycles. The summed E-state index contributed by atoms with van der Waals surface area (Å²) in [7, 11) is 0. The molecule has 0 heterocycles. The topological polar surface area (TPSA) is 52.3 Å². The average Bonchev–Trinajstić information content (AvgIpc) is 2.45. The minimum atomic E-state index is -0.509. The number of carbonyl (C=O) groups is 1. The first kappa shape index (κ1) is 15.4. The van der Waals surface area contributed by atoms with Gasteiger partial charge in [0.25, 0.3) is 0 Å². The number of hydrogen-bond donors (Lipinski definition) is 1. The molecule has 3 nitrogen and oxygen atoms in total. The fraction of sp³-hybridized carbons (Fsp3) is 0.0625. The van der Waals surface area contributed by atoms with E-state index in [4.69, 9.17) is 33.7 Å². The summed E-state index contributed by atoms with van der Waals surface area (Å²) in [4.78, 5) is 10.8. The number of nitrogens with two attached hydrogens (primary N) is 1. The second-order valence-corrected chi connectivity index (χ2v) is 5.14. The summed E-state index contributed by atoms with van der Waals surface area (Å²) in [6, 6.07) is 12.6. The van der Waals surface area contributed by atoms with E-state index in [1.54, 1.807) is 18.2 Å². The second kappa shape index (κ2) is 7.16. The van der Waals surface area contributed by atoms with Crippen molar-refractivity contribution < 1.29 is 9.53 Å². The third-order valence-corrected chi connectivity index (χ3v) is 3.33. The van der Waals surface area contributed by atoms with Gasteiger partial charge >= 0.3 is 0 Å². The van der Waals surface area contributed by atoms with Crippen LogP contribution in [0.1, 0.15) is 11.1 Å². The van der Waals surface area contributed by atoms with Crippen molar-refractivity contribution in [1.29, 1.82) is 0 Å². The van der Waals surface area contributed by atoms with Gasteiger partial charge in [0, 0.05) is 27.2 Å². The predicted molar refractivity (Wildman–Crippen MR) is 85.5 cm³/mol. The summed E-state index contributed by atoms with van der Waals surface area (Å²) in [5.41, 5.74) is 6.69. The SMILES string of the molecule is NC(=O)/C=C/c1ccccc1OCc1ccc(Cl)cc1Cl. The lowest BCUT2D eigenvalue weighted by Gasteiger charge is -2.10. The Labute approximate surface area is 132 Å². The molecule has 0 aromatic heterocycles. The highest BCUT2D eigenvalue weighted by molar-refractivity contribution is 6.35. The first-order valence-corrected chi connectivity index (χ1v) is 6.95. The van der Waals surface area contributed by atoms with Crippen LogP contribution in [0.5, 0.6) is 5.75 Å². The minimum absolute atomic E-state index is 0.303. The highest BCUT2D eigenvalue weighted by Crippen LogP contribution is 2.24. The summed E-state index contributed by atoms with van der Waals surface area (Å²) in [6.45, 7) is 0.303. The molecule has 0 saturated carbocycles. The molecule has 0 bridgehead atoms. The third kappa shape index (κ3) is 4.52. The van der Waals surface area contributed by atoms with Crippen LogP contribution < -0.4 is 10.5 Å². The molecule has 0 fully saturated rings. The van der Waals surface area contributed by atoms with Crippen molar-refractivity contribution in [2.24, 2.45) is 5.73 Å². The molecule has 2 N–H and O–H groups in total. The van der Waals surface area contributed by atoms with E-state index in [-0.39, 0.29) is 0 Å². The van der Waals surface area contributed by atoms with Crippen molar-refractivity contribution in [2.45, 2.75) is 6.61 Å². The number of halogens is 2. The first-order valence-electron chi connectivity index (χ1n) is 6.19. The van der Waals surface area contributed by atoms with Gasteiger partial charge in [-0.25, -0.2) is 0 Å². The molecule has 21 heavy (non-hydrogen) atoms. The zero-order valence-electron chi connectivity index (χ0n) is 11.1. The van der Waals surface area contributed by atoms with Gasteiger partial charge < -0.3 is 10.5 Å². The maximum absolute atomic E-state index is 10.8. The number of rotatable bonds is 5. The Morgan fingerprint density at radius 2 is 1.95 bits per heavy atom. The normalized spacial score (nSPS) is 10.8. The maximum atomic E-state index is 10.8. The van der Waals surface area contributed by atoms with Crippen LogP contribution in [0.25, 0.3) is 6.08 Å². The molecular formula is C16H13Cl2NO2. The summed E-state index contributed by atoms with van der Waals surface area (Å²) < 4.78 is 5.75. The van der Waals surface area contributed by atoms with E-state index in [0.717, 1.165) is 11.1 Å². The van der Waals surface area contributed by atoms with Gasteiger partial charge in [-0.2, -0.15) is 0 Å². The van der Waals surface area contributed by atoms with Crippen LogP contribution in [0.4, 0.5) is 0 Å². The molecule has 1 amide bonds. The number of para-hydroxylation sites is 1. The fourth-order valence-electron chi connectivity index (χ4n) is 1.72. The van der Waals surface area contributed by atoms with E-state index in [1.807, 2.05) is 30.3 Å². The van der Waals surface area contributed by atoms with E-state index in [2.05, 4.69) is 0 Å². The lowest BCUT2D eigenvalue weighted by molar-refractivity contribution is -0.113. The standard InChI is InChI=1S/C16H13Cl2NO2/c17-13-7-5-12(14(18)9-13)10-21-15-4-2-1-3-11(15)6-8-16(19)20/h1-9H,10H2,(H2,19,20)/b8-6+. The van der Waals surface area contributed by atoms with Gasteiger partial charge in [-0.1, -0.05) is 47.5 Å². The minimum Gasteiger partial charge on any atom is -0.488 e. The number of ether oxygens (including phenoxy) is 1. The third-order valence-electron chi connectivity index (χ3n) is 2.74. The van der Waals surface area contributed by atoms with Gasteiger partial charge in [-0.3, -0.25) is 4.79 Å². The van der Waals surface area contributed by atoms with Gasteiger partial charge in [-0.15, -0.1) is 0 Å².